The van der Waals surface area contributed by atoms with Crippen LogP contribution in [-0.4, -0.2) is 81.6 Å². The van der Waals surface area contributed by atoms with Gasteiger partial charge in [0.15, 0.2) is 0 Å². The SMILES string of the molecule is CN(C)OP(=O)(NCCOC(=O)C(C)(C)CCN1CCOCC1)OC(C)(C)C. The molecular weight excluding hydrogens is 385 g/mol. The van der Waals surface area contributed by atoms with Crippen molar-refractivity contribution in [2.45, 2.75) is 46.6 Å². The number of ether oxygens (including phenoxy) is 2. The number of morpholine rings is 1. The van der Waals surface area contributed by atoms with Crippen LogP contribution in [0.3, 0.4) is 0 Å². The molecule has 0 bridgehead atoms. The summed E-state index contributed by atoms with van der Waals surface area (Å²) in [6, 6.07) is 0. The van der Waals surface area contributed by atoms with Crippen LogP contribution in [0.15, 0.2) is 0 Å². The fourth-order valence-electron chi connectivity index (χ4n) is 2.54. The van der Waals surface area contributed by atoms with Crippen molar-refractivity contribution in [3.8, 4) is 0 Å². The quantitative estimate of drug-likeness (QED) is 0.233. The fraction of sp³-hybridized carbons (Fsp3) is 0.944. The molecule has 1 heterocycles. The minimum Gasteiger partial charge on any atom is -0.464 e. The maximum absolute atomic E-state index is 12.8. The molecule has 0 saturated carbocycles. The maximum Gasteiger partial charge on any atom is 0.422 e. The third-order valence-electron chi connectivity index (χ3n) is 4.01. The highest BCUT2D eigenvalue weighted by atomic mass is 31.2. The summed E-state index contributed by atoms with van der Waals surface area (Å²) in [5.74, 6) is -0.275. The Morgan fingerprint density at radius 3 is 2.32 bits per heavy atom. The molecule has 1 N–H and O–H groups in total. The predicted molar refractivity (Wildman–Crippen MR) is 108 cm³/mol. The van der Waals surface area contributed by atoms with E-state index in [4.69, 9.17) is 18.6 Å². The Morgan fingerprint density at radius 1 is 1.18 bits per heavy atom. The summed E-state index contributed by atoms with van der Waals surface area (Å²) in [5, 5.41) is 4.06. The van der Waals surface area contributed by atoms with E-state index in [1.54, 1.807) is 34.9 Å². The van der Waals surface area contributed by atoms with Crippen molar-refractivity contribution in [1.82, 2.24) is 15.1 Å². The Hall–Kier alpha value is -0.540. The molecule has 166 valence electrons. The van der Waals surface area contributed by atoms with Crippen LogP contribution in [0.1, 0.15) is 41.0 Å². The molecular formula is C18H38N3O6P. The first-order chi connectivity index (χ1) is 12.8. The number of esters is 1. The van der Waals surface area contributed by atoms with Crippen molar-refractivity contribution in [2.75, 3.05) is 60.1 Å². The molecule has 0 spiro atoms. The highest BCUT2D eigenvalue weighted by molar-refractivity contribution is 7.51. The van der Waals surface area contributed by atoms with Crippen LogP contribution in [0, 0.1) is 5.41 Å². The molecule has 9 nitrogen and oxygen atoms in total. The molecule has 0 amide bonds. The maximum atomic E-state index is 12.8. The number of nitrogens with one attached hydrogen (secondary N) is 1. The zero-order chi connectivity index (χ0) is 21.4. The summed E-state index contributed by atoms with van der Waals surface area (Å²) < 4.78 is 34.4. The Morgan fingerprint density at radius 2 is 1.79 bits per heavy atom. The van der Waals surface area contributed by atoms with Crippen molar-refractivity contribution in [3.63, 3.8) is 0 Å². The summed E-state index contributed by atoms with van der Waals surface area (Å²) >= 11 is 0. The highest BCUT2D eigenvalue weighted by Gasteiger charge is 2.33. The highest BCUT2D eigenvalue weighted by Crippen LogP contribution is 2.47. The van der Waals surface area contributed by atoms with Gasteiger partial charge in [-0.2, -0.15) is 5.06 Å². The standard InChI is InChI=1S/C18H38N3O6P/c1-17(2,3)26-28(23,27-20(6)7)19-9-13-25-16(22)18(4,5)8-10-21-11-14-24-15-12-21/h8-15H2,1-7H3,(H,19,23). The average molecular weight is 423 g/mol. The molecule has 1 rings (SSSR count). The van der Waals surface area contributed by atoms with Gasteiger partial charge in [-0.1, -0.05) is 0 Å². The van der Waals surface area contributed by atoms with E-state index in [2.05, 4.69) is 9.99 Å². The van der Waals surface area contributed by atoms with E-state index in [0.717, 1.165) is 32.8 Å². The normalized spacial score (nSPS) is 18.9. The molecule has 10 heteroatoms. The molecule has 0 radical (unpaired) electrons. The number of nitrogens with zero attached hydrogens (tertiary/aromatic N) is 2. The minimum atomic E-state index is -3.56. The van der Waals surface area contributed by atoms with Gasteiger partial charge in [0.25, 0.3) is 0 Å². The lowest BCUT2D eigenvalue weighted by atomic mass is 9.89. The second-order valence-electron chi connectivity index (χ2n) is 8.73. The van der Waals surface area contributed by atoms with Gasteiger partial charge < -0.3 is 9.47 Å². The van der Waals surface area contributed by atoms with E-state index in [1.807, 2.05) is 13.8 Å². The third kappa shape index (κ3) is 10.3. The summed E-state index contributed by atoms with van der Waals surface area (Å²) in [4.78, 5) is 14.7. The zero-order valence-electron chi connectivity index (χ0n) is 18.4. The van der Waals surface area contributed by atoms with Crippen LogP contribution in [0.25, 0.3) is 0 Å². The van der Waals surface area contributed by atoms with Crippen LogP contribution in [0.4, 0.5) is 0 Å². The van der Waals surface area contributed by atoms with Crippen LogP contribution in [0.5, 0.6) is 0 Å². The lowest BCUT2D eigenvalue weighted by Crippen LogP contribution is -2.40. The molecule has 1 saturated heterocycles. The summed E-state index contributed by atoms with van der Waals surface area (Å²) in [6.45, 7) is 13.5. The van der Waals surface area contributed by atoms with Crippen molar-refractivity contribution >= 4 is 13.7 Å². The van der Waals surface area contributed by atoms with Crippen molar-refractivity contribution in [1.29, 1.82) is 0 Å². The molecule has 0 aromatic carbocycles. The first-order valence-electron chi connectivity index (χ1n) is 9.73. The van der Waals surface area contributed by atoms with Gasteiger partial charge in [-0.05, 0) is 47.6 Å². The second kappa shape index (κ2) is 11.0. The number of carbonyl (C=O) groups is 1. The minimum absolute atomic E-state index is 0.0775. The molecule has 28 heavy (non-hydrogen) atoms. The first-order valence-corrected chi connectivity index (χ1v) is 11.3. The molecule has 1 fully saturated rings. The molecule has 1 aliphatic heterocycles. The third-order valence-corrected chi connectivity index (χ3v) is 5.96. The van der Waals surface area contributed by atoms with Gasteiger partial charge in [-0.3, -0.25) is 14.2 Å². The zero-order valence-corrected chi connectivity index (χ0v) is 19.3. The Labute approximate surface area is 169 Å². The molecule has 1 aliphatic rings. The summed E-state index contributed by atoms with van der Waals surface area (Å²) in [7, 11) is -0.318. The van der Waals surface area contributed by atoms with Crippen LogP contribution >= 0.6 is 7.75 Å². The Kier molecular flexibility index (Phi) is 10.0. The topological polar surface area (TPSA) is 89.6 Å². The molecule has 0 aliphatic carbocycles. The summed E-state index contributed by atoms with van der Waals surface area (Å²) in [5.41, 5.74) is -1.25. The van der Waals surface area contributed by atoms with Crippen molar-refractivity contribution in [3.05, 3.63) is 0 Å². The number of hydroxylamine groups is 2. The predicted octanol–water partition coefficient (Wildman–Crippen LogP) is 2.28. The van der Waals surface area contributed by atoms with Gasteiger partial charge >= 0.3 is 13.7 Å². The van der Waals surface area contributed by atoms with Crippen LogP contribution < -0.4 is 5.09 Å². The van der Waals surface area contributed by atoms with Gasteiger partial charge in [-0.15, -0.1) is 0 Å². The number of hydrogen-bond donors (Lipinski definition) is 1. The lowest BCUT2D eigenvalue weighted by molar-refractivity contribution is -0.154. The summed E-state index contributed by atoms with van der Waals surface area (Å²) in [6.07, 6.45) is 0.703. The molecule has 0 aromatic rings. The van der Waals surface area contributed by atoms with Gasteiger partial charge in [0.1, 0.15) is 6.61 Å². The average Bonchev–Trinajstić information content (AvgIpc) is 2.55. The van der Waals surface area contributed by atoms with Gasteiger partial charge in [0.05, 0.1) is 24.2 Å². The molecule has 1 unspecified atom stereocenters. The van der Waals surface area contributed by atoms with E-state index in [9.17, 15) is 9.36 Å². The van der Waals surface area contributed by atoms with E-state index in [1.165, 1.54) is 5.06 Å². The lowest BCUT2D eigenvalue weighted by Gasteiger charge is -2.30. The van der Waals surface area contributed by atoms with Crippen LogP contribution in [0.2, 0.25) is 0 Å². The molecule has 0 aromatic heterocycles. The van der Waals surface area contributed by atoms with Crippen molar-refractivity contribution < 1.29 is 28.0 Å². The van der Waals surface area contributed by atoms with Crippen molar-refractivity contribution in [2.24, 2.45) is 5.41 Å². The van der Waals surface area contributed by atoms with Gasteiger partial charge in [0, 0.05) is 33.7 Å². The largest absolute Gasteiger partial charge is 0.464 e. The van der Waals surface area contributed by atoms with E-state index < -0.39 is 18.8 Å². The van der Waals surface area contributed by atoms with Crippen LogP contribution in [-0.2, 0) is 28.0 Å². The Balaban J connectivity index is 2.42. The van der Waals surface area contributed by atoms with E-state index in [-0.39, 0.29) is 19.1 Å². The first kappa shape index (κ1) is 25.5. The van der Waals surface area contributed by atoms with Gasteiger partial charge in [-0.25, -0.2) is 14.3 Å². The monoisotopic (exact) mass is 423 g/mol. The van der Waals surface area contributed by atoms with Gasteiger partial charge in [0.2, 0.25) is 0 Å². The fourth-order valence-corrected chi connectivity index (χ4v) is 4.21. The smallest absolute Gasteiger partial charge is 0.422 e. The molecule has 1 atom stereocenters. The van der Waals surface area contributed by atoms with E-state index in [0.29, 0.717) is 6.42 Å². The van der Waals surface area contributed by atoms with E-state index >= 15 is 0 Å². The Bertz CT molecular complexity index is 530. The number of rotatable bonds is 11. The number of hydrogen-bond acceptors (Lipinski definition) is 8. The number of carbonyl (C=O) groups excluding carboxylic acids is 1. The second-order valence-corrected chi connectivity index (χ2v) is 10.4.